The van der Waals surface area contributed by atoms with Gasteiger partial charge in [-0.25, -0.2) is 9.37 Å². The molecule has 0 N–H and O–H groups in total. The number of hydrogen-bond acceptors (Lipinski definition) is 4. The highest BCUT2D eigenvalue weighted by Gasteiger charge is 2.28. The van der Waals surface area contributed by atoms with E-state index in [4.69, 9.17) is 4.74 Å². The molecule has 5 nitrogen and oxygen atoms in total. The number of hydrogen-bond donors (Lipinski definition) is 0. The first-order valence-corrected chi connectivity index (χ1v) is 10.4. The van der Waals surface area contributed by atoms with Gasteiger partial charge in [0.25, 0.3) is 5.91 Å². The summed E-state index contributed by atoms with van der Waals surface area (Å²) in [4.78, 5) is 21.4. The number of morpholine rings is 1. The summed E-state index contributed by atoms with van der Waals surface area (Å²) in [6.07, 6.45) is 3.69. The number of benzene rings is 1. The predicted molar refractivity (Wildman–Crippen MR) is 110 cm³/mol. The van der Waals surface area contributed by atoms with Crippen LogP contribution in [0.2, 0.25) is 0 Å². The van der Waals surface area contributed by atoms with Gasteiger partial charge in [0.15, 0.2) is 0 Å². The lowest BCUT2D eigenvalue weighted by molar-refractivity contribution is -0.0176. The van der Waals surface area contributed by atoms with Gasteiger partial charge < -0.3 is 14.5 Å². The highest BCUT2D eigenvalue weighted by Crippen LogP contribution is 2.28. The molecule has 2 fully saturated rings. The number of piperidine rings is 1. The standard InChI is InChI=1S/C23H28FN3O2/c1-16-9-11-26(12-10-16)23(28)19-5-8-22(25-13-19)27-14-17(2)29-21(15-27)18-3-6-20(24)7-4-18/h3-8,13,16-17,21H,9-12,14-15H2,1-2H3. The molecule has 1 amide bonds. The number of pyridine rings is 1. The Hall–Kier alpha value is -2.47. The molecule has 1 aromatic heterocycles. The zero-order valence-corrected chi connectivity index (χ0v) is 17.1. The van der Waals surface area contributed by atoms with Crippen molar-refractivity contribution in [1.82, 2.24) is 9.88 Å². The van der Waals surface area contributed by atoms with Gasteiger partial charge in [-0.2, -0.15) is 0 Å². The van der Waals surface area contributed by atoms with Gasteiger partial charge in [0.1, 0.15) is 17.7 Å². The molecule has 2 atom stereocenters. The van der Waals surface area contributed by atoms with Crippen molar-refractivity contribution in [3.63, 3.8) is 0 Å². The number of carbonyl (C=O) groups is 1. The van der Waals surface area contributed by atoms with Gasteiger partial charge in [0.2, 0.25) is 0 Å². The molecule has 0 spiro atoms. The monoisotopic (exact) mass is 397 g/mol. The van der Waals surface area contributed by atoms with Crippen LogP contribution in [-0.2, 0) is 4.74 Å². The fourth-order valence-corrected chi connectivity index (χ4v) is 4.09. The summed E-state index contributed by atoms with van der Waals surface area (Å²) in [5.41, 5.74) is 1.59. The second kappa shape index (κ2) is 8.49. The van der Waals surface area contributed by atoms with Gasteiger partial charge in [-0.15, -0.1) is 0 Å². The van der Waals surface area contributed by atoms with Crippen LogP contribution in [0.25, 0.3) is 0 Å². The van der Waals surface area contributed by atoms with Crippen molar-refractivity contribution in [3.8, 4) is 0 Å². The molecule has 3 heterocycles. The molecule has 0 bridgehead atoms. The maximum absolute atomic E-state index is 13.2. The Morgan fingerprint density at radius 3 is 2.45 bits per heavy atom. The Kier molecular flexibility index (Phi) is 5.81. The van der Waals surface area contributed by atoms with Gasteiger partial charge in [0, 0.05) is 32.4 Å². The molecule has 1 aromatic carbocycles. The maximum Gasteiger partial charge on any atom is 0.255 e. The molecule has 2 aliphatic heterocycles. The van der Waals surface area contributed by atoms with Gasteiger partial charge in [-0.05, 0) is 55.5 Å². The summed E-state index contributed by atoms with van der Waals surface area (Å²) in [7, 11) is 0. The minimum atomic E-state index is -0.250. The van der Waals surface area contributed by atoms with Crippen LogP contribution in [0.4, 0.5) is 10.2 Å². The summed E-state index contributed by atoms with van der Waals surface area (Å²) < 4.78 is 19.3. The van der Waals surface area contributed by atoms with Crippen LogP contribution in [0.3, 0.4) is 0 Å². The lowest BCUT2D eigenvalue weighted by Gasteiger charge is -2.37. The van der Waals surface area contributed by atoms with E-state index >= 15 is 0 Å². The molecule has 2 aromatic rings. The van der Waals surface area contributed by atoms with E-state index in [2.05, 4.69) is 16.8 Å². The molecule has 6 heteroatoms. The van der Waals surface area contributed by atoms with Crippen molar-refractivity contribution in [1.29, 1.82) is 0 Å². The number of carbonyl (C=O) groups excluding carboxylic acids is 1. The Labute approximate surface area is 171 Å². The van der Waals surface area contributed by atoms with Crippen molar-refractivity contribution in [2.24, 2.45) is 5.92 Å². The van der Waals surface area contributed by atoms with E-state index in [1.165, 1.54) is 12.1 Å². The van der Waals surface area contributed by atoms with Crippen molar-refractivity contribution < 1.29 is 13.9 Å². The predicted octanol–water partition coefficient (Wildman–Crippen LogP) is 4.06. The first kappa shape index (κ1) is 19.8. The minimum absolute atomic E-state index is 0.0252. The molecule has 0 radical (unpaired) electrons. The molecule has 154 valence electrons. The molecule has 0 aliphatic carbocycles. The molecule has 2 unspecified atom stereocenters. The highest BCUT2D eigenvalue weighted by atomic mass is 19.1. The summed E-state index contributed by atoms with van der Waals surface area (Å²) >= 11 is 0. The normalized spacial score (nSPS) is 23.3. The van der Waals surface area contributed by atoms with Crippen LogP contribution < -0.4 is 4.90 Å². The van der Waals surface area contributed by atoms with E-state index < -0.39 is 0 Å². The minimum Gasteiger partial charge on any atom is -0.367 e. The number of aromatic nitrogens is 1. The van der Waals surface area contributed by atoms with Crippen LogP contribution in [0.5, 0.6) is 0 Å². The van der Waals surface area contributed by atoms with Gasteiger partial charge >= 0.3 is 0 Å². The number of rotatable bonds is 3. The topological polar surface area (TPSA) is 45.7 Å². The Balaban J connectivity index is 1.45. The number of amides is 1. The van der Waals surface area contributed by atoms with Gasteiger partial charge in [0.05, 0.1) is 11.7 Å². The van der Waals surface area contributed by atoms with E-state index in [1.54, 1.807) is 18.3 Å². The van der Waals surface area contributed by atoms with E-state index in [0.29, 0.717) is 18.0 Å². The first-order valence-electron chi connectivity index (χ1n) is 10.4. The van der Waals surface area contributed by atoms with Gasteiger partial charge in [-0.1, -0.05) is 19.1 Å². The fourth-order valence-electron chi connectivity index (χ4n) is 4.09. The second-order valence-electron chi connectivity index (χ2n) is 8.27. The van der Waals surface area contributed by atoms with Gasteiger partial charge in [-0.3, -0.25) is 4.79 Å². The maximum atomic E-state index is 13.2. The second-order valence-corrected chi connectivity index (χ2v) is 8.27. The van der Waals surface area contributed by atoms with Crippen LogP contribution in [-0.4, -0.2) is 48.1 Å². The molecule has 2 saturated heterocycles. The van der Waals surface area contributed by atoms with Crippen LogP contribution in [0.1, 0.15) is 48.7 Å². The Bertz CT molecular complexity index is 832. The van der Waals surface area contributed by atoms with E-state index in [-0.39, 0.29) is 23.9 Å². The van der Waals surface area contributed by atoms with Crippen LogP contribution >= 0.6 is 0 Å². The van der Waals surface area contributed by atoms with E-state index in [1.807, 2.05) is 24.0 Å². The smallest absolute Gasteiger partial charge is 0.255 e. The highest BCUT2D eigenvalue weighted by molar-refractivity contribution is 5.94. The first-order chi connectivity index (χ1) is 14.0. The van der Waals surface area contributed by atoms with Crippen LogP contribution in [0.15, 0.2) is 42.6 Å². The molecule has 4 rings (SSSR count). The number of anilines is 1. The number of likely N-dealkylation sites (tertiary alicyclic amines) is 1. The summed E-state index contributed by atoms with van der Waals surface area (Å²) in [6.45, 7) is 7.27. The van der Waals surface area contributed by atoms with Crippen molar-refractivity contribution in [2.75, 3.05) is 31.1 Å². The molecular formula is C23H28FN3O2. The third-order valence-corrected chi connectivity index (χ3v) is 5.89. The third kappa shape index (κ3) is 4.58. The largest absolute Gasteiger partial charge is 0.367 e. The fraction of sp³-hybridized carbons (Fsp3) is 0.478. The van der Waals surface area contributed by atoms with E-state index in [9.17, 15) is 9.18 Å². The summed E-state index contributed by atoms with van der Waals surface area (Å²) in [6, 6.07) is 10.2. The zero-order valence-electron chi connectivity index (χ0n) is 17.1. The average molecular weight is 397 g/mol. The lowest BCUT2D eigenvalue weighted by atomic mass is 9.99. The molecule has 29 heavy (non-hydrogen) atoms. The number of halogens is 1. The van der Waals surface area contributed by atoms with Crippen LogP contribution in [0, 0.1) is 11.7 Å². The van der Waals surface area contributed by atoms with Crippen molar-refractivity contribution in [3.05, 3.63) is 59.5 Å². The van der Waals surface area contributed by atoms with Crippen molar-refractivity contribution >= 4 is 11.7 Å². The third-order valence-electron chi connectivity index (χ3n) is 5.89. The molecule has 0 saturated carbocycles. The molecular weight excluding hydrogens is 369 g/mol. The Morgan fingerprint density at radius 2 is 1.79 bits per heavy atom. The van der Waals surface area contributed by atoms with E-state index in [0.717, 1.165) is 43.9 Å². The quantitative estimate of drug-likeness (QED) is 0.784. The number of nitrogens with zero attached hydrogens (tertiary/aromatic N) is 3. The summed E-state index contributed by atoms with van der Waals surface area (Å²) in [5, 5.41) is 0. The average Bonchev–Trinajstić information content (AvgIpc) is 2.74. The van der Waals surface area contributed by atoms with Crippen molar-refractivity contribution in [2.45, 2.75) is 38.9 Å². The zero-order chi connectivity index (χ0) is 20.4. The number of ether oxygens (including phenoxy) is 1. The summed E-state index contributed by atoms with van der Waals surface area (Å²) in [5.74, 6) is 1.34. The molecule has 2 aliphatic rings. The SMILES string of the molecule is CC1CCN(C(=O)c2ccc(N3CC(C)OC(c4ccc(F)cc4)C3)nc2)CC1. The lowest BCUT2D eigenvalue weighted by Crippen LogP contribution is -2.43. The Morgan fingerprint density at radius 1 is 1.07 bits per heavy atom.